The Morgan fingerprint density at radius 3 is 2.21 bits per heavy atom. The fourth-order valence-corrected chi connectivity index (χ4v) is 2.70. The smallest absolute Gasteiger partial charge is 0.303 e. The second kappa shape index (κ2) is 12.8. The number of hydrogen-bond donors (Lipinski definition) is 2. The summed E-state index contributed by atoms with van der Waals surface area (Å²) in [6, 6.07) is 5.04. The summed E-state index contributed by atoms with van der Waals surface area (Å²) in [5.74, 6) is -0.389. The molecule has 154 valence electrons. The highest BCUT2D eigenvalue weighted by atomic mass is 16.5. The second-order valence-electron chi connectivity index (χ2n) is 7.47. The molecule has 0 fully saturated rings. The molecule has 0 heterocycles. The maximum absolute atomic E-state index is 10.6. The number of phenols is 1. The number of benzene rings is 1. The summed E-state index contributed by atoms with van der Waals surface area (Å²) in [7, 11) is 0. The molecule has 2 N–H and O–H groups in total. The highest BCUT2D eigenvalue weighted by Gasteiger charge is 2.05. The minimum Gasteiger partial charge on any atom is -0.504 e. The molecule has 0 aliphatic heterocycles. The third kappa shape index (κ3) is 10.6. The summed E-state index contributed by atoms with van der Waals surface area (Å²) in [5.41, 5.74) is 4.83. The lowest BCUT2D eigenvalue weighted by molar-refractivity contribution is -0.136. The maximum Gasteiger partial charge on any atom is 0.303 e. The van der Waals surface area contributed by atoms with Gasteiger partial charge in [0.1, 0.15) is 6.61 Å². The Bertz CT molecular complexity index is 722. The van der Waals surface area contributed by atoms with Gasteiger partial charge in [-0.15, -0.1) is 0 Å². The molecule has 1 rings (SSSR count). The fourth-order valence-electron chi connectivity index (χ4n) is 2.70. The van der Waals surface area contributed by atoms with Gasteiger partial charge in [-0.2, -0.15) is 0 Å². The SMILES string of the molecule is CC(C)=CCCC(C)=CCCC(C)=CCOc1ccc(CCC(=O)O)cc1O. The number of phenolic OH excluding ortho intramolecular Hbond substituents is 1. The molecule has 0 aliphatic carbocycles. The average molecular weight is 387 g/mol. The van der Waals surface area contributed by atoms with Gasteiger partial charge in [0.15, 0.2) is 11.5 Å². The third-order valence-corrected chi connectivity index (χ3v) is 4.44. The van der Waals surface area contributed by atoms with E-state index in [0.717, 1.165) is 31.2 Å². The Kier molecular flexibility index (Phi) is 10.8. The molecule has 0 amide bonds. The number of carbonyl (C=O) groups is 1. The summed E-state index contributed by atoms with van der Waals surface area (Å²) < 4.78 is 5.63. The van der Waals surface area contributed by atoms with Crippen LogP contribution >= 0.6 is 0 Å². The monoisotopic (exact) mass is 386 g/mol. The molecule has 0 spiro atoms. The minimum atomic E-state index is -0.849. The van der Waals surface area contributed by atoms with Crippen LogP contribution in [0.1, 0.15) is 65.4 Å². The normalized spacial score (nSPS) is 12.0. The standard InChI is InChI=1S/C24H34O4/c1-18(2)7-5-8-19(3)9-6-10-20(4)15-16-28-23-13-11-21(17-22(23)25)12-14-24(26)27/h7,9,11,13,15,17,25H,5-6,8,10,12,14,16H2,1-4H3,(H,26,27). The molecular formula is C24H34O4. The van der Waals surface area contributed by atoms with Crippen molar-refractivity contribution >= 4 is 5.97 Å². The third-order valence-electron chi connectivity index (χ3n) is 4.44. The Morgan fingerprint density at radius 1 is 0.964 bits per heavy atom. The summed E-state index contributed by atoms with van der Waals surface area (Å²) in [6.45, 7) is 8.93. The average Bonchev–Trinajstić information content (AvgIpc) is 2.61. The van der Waals surface area contributed by atoms with Crippen LogP contribution in [0, 0.1) is 0 Å². The van der Waals surface area contributed by atoms with Gasteiger partial charge in [-0.1, -0.05) is 34.9 Å². The molecule has 0 aliphatic rings. The Hall–Kier alpha value is -2.49. The van der Waals surface area contributed by atoms with Crippen molar-refractivity contribution in [3.63, 3.8) is 0 Å². The van der Waals surface area contributed by atoms with Gasteiger partial charge in [0.2, 0.25) is 0 Å². The molecule has 4 heteroatoms. The number of rotatable bonds is 12. The summed E-state index contributed by atoms with van der Waals surface area (Å²) in [5, 5.41) is 18.7. The topological polar surface area (TPSA) is 66.8 Å². The first-order valence-electron chi connectivity index (χ1n) is 9.89. The van der Waals surface area contributed by atoms with Crippen LogP contribution in [-0.4, -0.2) is 22.8 Å². The van der Waals surface area contributed by atoms with E-state index in [9.17, 15) is 9.90 Å². The molecule has 4 nitrogen and oxygen atoms in total. The Balaban J connectivity index is 2.39. The van der Waals surface area contributed by atoms with Crippen LogP contribution in [0.15, 0.2) is 53.1 Å². The van der Waals surface area contributed by atoms with E-state index >= 15 is 0 Å². The zero-order valence-corrected chi connectivity index (χ0v) is 17.6. The van der Waals surface area contributed by atoms with E-state index in [2.05, 4.69) is 39.8 Å². The molecule has 0 atom stereocenters. The van der Waals surface area contributed by atoms with Crippen molar-refractivity contribution in [2.24, 2.45) is 0 Å². The highest BCUT2D eigenvalue weighted by Crippen LogP contribution is 2.27. The largest absolute Gasteiger partial charge is 0.504 e. The summed E-state index contributed by atoms with van der Waals surface area (Å²) in [6.07, 6.45) is 11.3. The molecular weight excluding hydrogens is 352 g/mol. The lowest BCUT2D eigenvalue weighted by Gasteiger charge is -2.08. The van der Waals surface area contributed by atoms with E-state index in [0.29, 0.717) is 18.8 Å². The van der Waals surface area contributed by atoms with Crippen molar-refractivity contribution in [2.75, 3.05) is 6.61 Å². The van der Waals surface area contributed by atoms with Gasteiger partial charge in [0, 0.05) is 6.42 Å². The number of aryl methyl sites for hydroxylation is 1. The first-order valence-corrected chi connectivity index (χ1v) is 9.89. The van der Waals surface area contributed by atoms with Crippen LogP contribution in [0.4, 0.5) is 0 Å². The molecule has 0 saturated carbocycles. The molecule has 28 heavy (non-hydrogen) atoms. The summed E-state index contributed by atoms with van der Waals surface area (Å²) >= 11 is 0. The first-order chi connectivity index (χ1) is 13.3. The van der Waals surface area contributed by atoms with Gasteiger partial charge in [0.25, 0.3) is 0 Å². The number of aromatic hydroxyl groups is 1. The van der Waals surface area contributed by atoms with Crippen molar-refractivity contribution in [2.45, 2.75) is 66.2 Å². The Labute approximate surface area is 169 Å². The van der Waals surface area contributed by atoms with Crippen LogP contribution in [0.5, 0.6) is 11.5 Å². The highest BCUT2D eigenvalue weighted by molar-refractivity contribution is 5.67. The predicted molar refractivity (Wildman–Crippen MR) is 115 cm³/mol. The van der Waals surface area contributed by atoms with Crippen molar-refractivity contribution in [3.8, 4) is 11.5 Å². The van der Waals surface area contributed by atoms with Gasteiger partial charge in [0.05, 0.1) is 0 Å². The van der Waals surface area contributed by atoms with Crippen molar-refractivity contribution in [1.82, 2.24) is 0 Å². The van der Waals surface area contributed by atoms with E-state index in [1.807, 2.05) is 6.08 Å². The van der Waals surface area contributed by atoms with Gasteiger partial charge in [-0.25, -0.2) is 0 Å². The maximum atomic E-state index is 10.6. The Morgan fingerprint density at radius 2 is 1.61 bits per heavy atom. The lowest BCUT2D eigenvalue weighted by atomic mass is 10.1. The number of allylic oxidation sites excluding steroid dienone is 5. The number of hydrogen-bond acceptors (Lipinski definition) is 3. The van der Waals surface area contributed by atoms with Crippen LogP contribution in [0.2, 0.25) is 0 Å². The number of ether oxygens (including phenoxy) is 1. The molecule has 0 aromatic heterocycles. The van der Waals surface area contributed by atoms with Gasteiger partial charge in [-0.3, -0.25) is 4.79 Å². The zero-order valence-electron chi connectivity index (χ0n) is 17.6. The van der Waals surface area contributed by atoms with E-state index < -0.39 is 5.97 Å². The van der Waals surface area contributed by atoms with Crippen LogP contribution < -0.4 is 4.74 Å². The molecule has 1 aromatic rings. The molecule has 1 aromatic carbocycles. The lowest BCUT2D eigenvalue weighted by Crippen LogP contribution is -1.98. The van der Waals surface area contributed by atoms with Crippen molar-refractivity contribution in [3.05, 3.63) is 58.7 Å². The molecule has 0 saturated heterocycles. The number of aliphatic carboxylic acids is 1. The predicted octanol–water partition coefficient (Wildman–Crippen LogP) is 6.21. The molecule has 0 unspecified atom stereocenters. The minimum absolute atomic E-state index is 0.0452. The molecule has 0 bridgehead atoms. The fraction of sp³-hybridized carbons (Fsp3) is 0.458. The van der Waals surface area contributed by atoms with Gasteiger partial charge in [-0.05, 0) is 83.6 Å². The number of carboxylic acids is 1. The van der Waals surface area contributed by atoms with Crippen LogP contribution in [-0.2, 0) is 11.2 Å². The quantitative estimate of drug-likeness (QED) is 0.419. The van der Waals surface area contributed by atoms with Crippen molar-refractivity contribution < 1.29 is 19.7 Å². The summed E-state index contributed by atoms with van der Waals surface area (Å²) in [4.78, 5) is 10.6. The van der Waals surface area contributed by atoms with E-state index in [1.54, 1.807) is 18.2 Å². The van der Waals surface area contributed by atoms with Gasteiger partial charge < -0.3 is 14.9 Å². The van der Waals surface area contributed by atoms with Gasteiger partial charge >= 0.3 is 5.97 Å². The zero-order chi connectivity index (χ0) is 20.9. The second-order valence-corrected chi connectivity index (χ2v) is 7.47. The van der Waals surface area contributed by atoms with Crippen LogP contribution in [0.25, 0.3) is 0 Å². The van der Waals surface area contributed by atoms with Crippen molar-refractivity contribution in [1.29, 1.82) is 0 Å². The molecule has 0 radical (unpaired) electrons. The first kappa shape index (κ1) is 23.5. The van der Waals surface area contributed by atoms with E-state index in [4.69, 9.17) is 9.84 Å². The van der Waals surface area contributed by atoms with E-state index in [1.165, 1.54) is 16.7 Å². The van der Waals surface area contributed by atoms with E-state index in [-0.39, 0.29) is 12.2 Å². The van der Waals surface area contributed by atoms with Crippen LogP contribution in [0.3, 0.4) is 0 Å². The number of carboxylic acid groups (broad SMARTS) is 1.